The Kier molecular flexibility index (Phi) is 3.64. The molecule has 19 heavy (non-hydrogen) atoms. The van der Waals surface area contributed by atoms with Crippen molar-refractivity contribution in [2.24, 2.45) is 0 Å². The first-order valence-corrected chi connectivity index (χ1v) is 6.41. The van der Waals surface area contributed by atoms with Gasteiger partial charge in [0.15, 0.2) is 0 Å². The largest absolute Gasteiger partial charge is 0.485 e. The van der Waals surface area contributed by atoms with E-state index in [1.54, 1.807) is 11.1 Å². The fourth-order valence-electron chi connectivity index (χ4n) is 1.70. The Hall–Kier alpha value is -1.78. The zero-order chi connectivity index (χ0) is 14.0. The Morgan fingerprint density at radius 2 is 2.05 bits per heavy atom. The molecule has 0 aromatic carbocycles. The molecule has 0 bridgehead atoms. The summed E-state index contributed by atoms with van der Waals surface area (Å²) < 4.78 is 11.0. The number of aromatic nitrogens is 1. The molecular formula is C14H20N2O3. The monoisotopic (exact) mass is 264 g/mol. The molecule has 2 heterocycles. The molecule has 0 N–H and O–H groups in total. The molecule has 0 aliphatic carbocycles. The maximum absolute atomic E-state index is 11.7. The van der Waals surface area contributed by atoms with Crippen molar-refractivity contribution >= 4 is 6.09 Å². The Bertz CT molecular complexity index is 445. The summed E-state index contributed by atoms with van der Waals surface area (Å²) in [5, 5.41) is 0. The Labute approximate surface area is 113 Å². The third kappa shape index (κ3) is 3.84. The van der Waals surface area contributed by atoms with Crippen molar-refractivity contribution in [2.75, 3.05) is 13.1 Å². The lowest BCUT2D eigenvalue weighted by molar-refractivity contribution is -0.0222. The second kappa shape index (κ2) is 5.07. The van der Waals surface area contributed by atoms with Crippen LogP contribution in [0.3, 0.4) is 0 Å². The zero-order valence-electron chi connectivity index (χ0n) is 11.8. The number of pyridine rings is 1. The molecule has 104 valence electrons. The molecule has 1 aromatic heterocycles. The number of likely N-dealkylation sites (tertiary alicyclic amines) is 1. The molecular weight excluding hydrogens is 244 g/mol. The molecule has 5 nitrogen and oxygen atoms in total. The van der Waals surface area contributed by atoms with Gasteiger partial charge in [-0.1, -0.05) is 0 Å². The summed E-state index contributed by atoms with van der Waals surface area (Å²) in [4.78, 5) is 17.5. The van der Waals surface area contributed by atoms with Crippen molar-refractivity contribution < 1.29 is 14.3 Å². The summed E-state index contributed by atoms with van der Waals surface area (Å²) in [7, 11) is 0. The molecule has 0 unspecified atom stereocenters. The molecule has 1 saturated heterocycles. The summed E-state index contributed by atoms with van der Waals surface area (Å²) in [6.07, 6.45) is 1.44. The first-order valence-electron chi connectivity index (χ1n) is 6.41. The van der Waals surface area contributed by atoms with Crippen molar-refractivity contribution in [3.63, 3.8) is 0 Å². The number of carbonyl (C=O) groups excluding carboxylic acids is 1. The highest BCUT2D eigenvalue weighted by atomic mass is 16.6. The maximum Gasteiger partial charge on any atom is 0.410 e. The van der Waals surface area contributed by atoms with Gasteiger partial charge in [-0.25, -0.2) is 4.79 Å². The van der Waals surface area contributed by atoms with Gasteiger partial charge in [-0.2, -0.15) is 0 Å². The normalized spacial score (nSPS) is 15.9. The summed E-state index contributed by atoms with van der Waals surface area (Å²) in [5.74, 6) is 0.736. The molecule has 0 atom stereocenters. The maximum atomic E-state index is 11.7. The number of ether oxygens (including phenoxy) is 2. The van der Waals surface area contributed by atoms with Gasteiger partial charge in [-0.3, -0.25) is 4.98 Å². The van der Waals surface area contributed by atoms with Gasteiger partial charge in [0.25, 0.3) is 0 Å². The average Bonchev–Trinajstić information content (AvgIpc) is 2.22. The second-order valence-electron chi connectivity index (χ2n) is 5.76. The quantitative estimate of drug-likeness (QED) is 0.823. The topological polar surface area (TPSA) is 51.7 Å². The highest BCUT2D eigenvalue weighted by Crippen LogP contribution is 2.19. The molecule has 0 saturated carbocycles. The number of amides is 1. The fourth-order valence-corrected chi connectivity index (χ4v) is 1.70. The zero-order valence-corrected chi connectivity index (χ0v) is 11.8. The van der Waals surface area contributed by atoms with Gasteiger partial charge in [-0.15, -0.1) is 0 Å². The summed E-state index contributed by atoms with van der Waals surface area (Å²) in [6, 6.07) is 3.79. The lowest BCUT2D eigenvalue weighted by Gasteiger charge is -2.39. The van der Waals surface area contributed by atoms with E-state index in [0.29, 0.717) is 13.1 Å². The summed E-state index contributed by atoms with van der Waals surface area (Å²) in [5.41, 5.74) is 0.500. The van der Waals surface area contributed by atoms with Gasteiger partial charge in [0.2, 0.25) is 0 Å². The van der Waals surface area contributed by atoms with E-state index in [1.165, 1.54) is 0 Å². The number of hydrogen-bond acceptors (Lipinski definition) is 4. The Balaban J connectivity index is 1.77. The van der Waals surface area contributed by atoms with Crippen LogP contribution >= 0.6 is 0 Å². The minimum Gasteiger partial charge on any atom is -0.485 e. The lowest BCUT2D eigenvalue weighted by Crippen LogP contribution is -2.57. The highest BCUT2D eigenvalue weighted by Gasteiger charge is 2.35. The molecule has 2 rings (SSSR count). The molecule has 1 amide bonds. The first kappa shape index (κ1) is 13.6. The van der Waals surface area contributed by atoms with Crippen LogP contribution in [-0.2, 0) is 4.74 Å². The number of hydrogen-bond donors (Lipinski definition) is 0. The van der Waals surface area contributed by atoms with Gasteiger partial charge in [0, 0.05) is 5.69 Å². The molecule has 1 aromatic rings. The lowest BCUT2D eigenvalue weighted by atomic mass is 10.1. The second-order valence-corrected chi connectivity index (χ2v) is 5.76. The SMILES string of the molecule is Cc1ccc(OC2CN(C(=O)OC(C)(C)C)C2)cn1. The van der Waals surface area contributed by atoms with Crippen LogP contribution in [0.25, 0.3) is 0 Å². The van der Waals surface area contributed by atoms with Crippen molar-refractivity contribution in [3.8, 4) is 5.75 Å². The average molecular weight is 264 g/mol. The van der Waals surface area contributed by atoms with Gasteiger partial charge < -0.3 is 14.4 Å². The Morgan fingerprint density at radius 3 is 2.58 bits per heavy atom. The van der Waals surface area contributed by atoms with E-state index >= 15 is 0 Å². The molecule has 0 radical (unpaired) electrons. The predicted octanol–water partition coefficient (Wildman–Crippen LogP) is 2.39. The van der Waals surface area contributed by atoms with Crippen molar-refractivity contribution in [1.82, 2.24) is 9.88 Å². The number of rotatable bonds is 2. The van der Waals surface area contributed by atoms with Crippen LogP contribution in [0.5, 0.6) is 5.75 Å². The van der Waals surface area contributed by atoms with E-state index in [-0.39, 0.29) is 12.2 Å². The van der Waals surface area contributed by atoms with E-state index < -0.39 is 5.60 Å². The summed E-state index contributed by atoms with van der Waals surface area (Å²) in [6.45, 7) is 8.62. The van der Waals surface area contributed by atoms with E-state index in [9.17, 15) is 4.79 Å². The van der Waals surface area contributed by atoms with E-state index in [4.69, 9.17) is 9.47 Å². The van der Waals surface area contributed by atoms with E-state index in [0.717, 1.165) is 11.4 Å². The third-order valence-corrected chi connectivity index (χ3v) is 2.69. The molecule has 5 heteroatoms. The van der Waals surface area contributed by atoms with Gasteiger partial charge in [-0.05, 0) is 39.8 Å². The molecule has 1 aliphatic heterocycles. The van der Waals surface area contributed by atoms with Crippen LogP contribution in [-0.4, -0.2) is 40.8 Å². The number of aryl methyl sites for hydroxylation is 1. The van der Waals surface area contributed by atoms with Crippen LogP contribution < -0.4 is 4.74 Å². The standard InChI is InChI=1S/C14H20N2O3/c1-10-5-6-11(7-15-10)18-12-8-16(9-12)13(17)19-14(2,3)4/h5-7,12H,8-9H2,1-4H3. The molecule has 0 spiro atoms. The smallest absolute Gasteiger partial charge is 0.410 e. The van der Waals surface area contributed by atoms with Gasteiger partial charge in [0.05, 0.1) is 19.3 Å². The predicted molar refractivity (Wildman–Crippen MR) is 71.2 cm³/mol. The van der Waals surface area contributed by atoms with Gasteiger partial charge >= 0.3 is 6.09 Å². The number of nitrogens with zero attached hydrogens (tertiary/aromatic N) is 2. The minimum absolute atomic E-state index is 0.0250. The van der Waals surface area contributed by atoms with Crippen LogP contribution in [0.15, 0.2) is 18.3 Å². The van der Waals surface area contributed by atoms with Crippen molar-refractivity contribution in [1.29, 1.82) is 0 Å². The third-order valence-electron chi connectivity index (χ3n) is 2.69. The number of carbonyl (C=O) groups is 1. The van der Waals surface area contributed by atoms with Crippen molar-refractivity contribution in [2.45, 2.75) is 39.4 Å². The van der Waals surface area contributed by atoms with Crippen LogP contribution in [0, 0.1) is 6.92 Å². The van der Waals surface area contributed by atoms with Gasteiger partial charge in [0.1, 0.15) is 17.5 Å². The Morgan fingerprint density at radius 1 is 1.37 bits per heavy atom. The van der Waals surface area contributed by atoms with Crippen LogP contribution in [0.1, 0.15) is 26.5 Å². The molecule has 1 aliphatic rings. The van der Waals surface area contributed by atoms with Crippen LogP contribution in [0.2, 0.25) is 0 Å². The highest BCUT2D eigenvalue weighted by molar-refractivity contribution is 5.69. The van der Waals surface area contributed by atoms with E-state index in [2.05, 4.69) is 4.98 Å². The van der Waals surface area contributed by atoms with Crippen molar-refractivity contribution in [3.05, 3.63) is 24.0 Å². The first-order chi connectivity index (χ1) is 8.83. The summed E-state index contributed by atoms with van der Waals surface area (Å²) >= 11 is 0. The minimum atomic E-state index is -0.454. The fraction of sp³-hybridized carbons (Fsp3) is 0.571. The van der Waals surface area contributed by atoms with E-state index in [1.807, 2.05) is 39.8 Å². The molecule has 1 fully saturated rings. The van der Waals surface area contributed by atoms with Crippen LogP contribution in [0.4, 0.5) is 4.79 Å².